The molecule has 0 amide bonds. The number of rotatable bonds is 4. The van der Waals surface area contributed by atoms with Crippen LogP contribution in [-0.2, 0) is 19.5 Å². The van der Waals surface area contributed by atoms with Gasteiger partial charge in [0.1, 0.15) is 0 Å². The summed E-state index contributed by atoms with van der Waals surface area (Å²) in [4.78, 5) is 16.5. The standard InChI is InChI=1S/C24H20N4O3/c1-3-18(26-19(4-1)16-6-7-21-23(11-16)31-15-30-21)14-28-9-8-20-17(13-28)12-25-24(27-20)22-5-2-10-29-22/h1-7,10-12H,8-9,13-15H2. The second kappa shape index (κ2) is 7.52. The number of hydrogen-bond donors (Lipinski definition) is 0. The highest BCUT2D eigenvalue weighted by molar-refractivity contribution is 5.64. The third kappa shape index (κ3) is 3.53. The summed E-state index contributed by atoms with van der Waals surface area (Å²) >= 11 is 0. The van der Waals surface area contributed by atoms with Gasteiger partial charge in [0.25, 0.3) is 0 Å². The van der Waals surface area contributed by atoms with Crippen molar-refractivity contribution >= 4 is 0 Å². The molecule has 5 heterocycles. The lowest BCUT2D eigenvalue weighted by Crippen LogP contribution is -2.31. The maximum absolute atomic E-state index is 5.50. The van der Waals surface area contributed by atoms with Gasteiger partial charge in [-0.25, -0.2) is 9.97 Å². The summed E-state index contributed by atoms with van der Waals surface area (Å²) < 4.78 is 16.3. The highest BCUT2D eigenvalue weighted by Gasteiger charge is 2.20. The Kier molecular flexibility index (Phi) is 4.39. The Hall–Kier alpha value is -3.71. The Morgan fingerprint density at radius 2 is 1.94 bits per heavy atom. The van der Waals surface area contributed by atoms with Crippen LogP contribution in [0.2, 0.25) is 0 Å². The average Bonchev–Trinajstić information content (AvgIpc) is 3.51. The van der Waals surface area contributed by atoms with Crippen LogP contribution < -0.4 is 9.47 Å². The number of fused-ring (bicyclic) bond motifs is 2. The first-order valence-electron chi connectivity index (χ1n) is 10.3. The van der Waals surface area contributed by atoms with E-state index in [4.69, 9.17) is 23.9 Å². The van der Waals surface area contributed by atoms with Crippen LogP contribution in [0.25, 0.3) is 22.8 Å². The summed E-state index contributed by atoms with van der Waals surface area (Å²) in [5, 5.41) is 0. The summed E-state index contributed by atoms with van der Waals surface area (Å²) in [6.45, 7) is 2.79. The fourth-order valence-corrected chi connectivity index (χ4v) is 4.05. The smallest absolute Gasteiger partial charge is 0.231 e. The topological polar surface area (TPSA) is 73.5 Å². The number of pyridine rings is 1. The van der Waals surface area contributed by atoms with Crippen molar-refractivity contribution < 1.29 is 13.9 Å². The predicted octanol–water partition coefficient (Wildman–Crippen LogP) is 4.09. The minimum absolute atomic E-state index is 0.273. The molecule has 0 saturated heterocycles. The molecule has 0 radical (unpaired) electrons. The molecule has 0 unspecified atom stereocenters. The summed E-state index contributed by atoms with van der Waals surface area (Å²) in [6, 6.07) is 15.8. The van der Waals surface area contributed by atoms with Gasteiger partial charge in [0.05, 0.1) is 23.3 Å². The van der Waals surface area contributed by atoms with E-state index in [-0.39, 0.29) is 6.79 Å². The van der Waals surface area contributed by atoms with Crippen LogP contribution >= 0.6 is 0 Å². The number of aromatic nitrogens is 3. The van der Waals surface area contributed by atoms with Gasteiger partial charge in [-0.1, -0.05) is 6.07 Å². The van der Waals surface area contributed by atoms with Gasteiger partial charge in [-0.2, -0.15) is 0 Å². The largest absolute Gasteiger partial charge is 0.461 e. The van der Waals surface area contributed by atoms with Gasteiger partial charge in [-0.15, -0.1) is 0 Å². The fraction of sp³-hybridized carbons (Fsp3) is 0.208. The monoisotopic (exact) mass is 412 g/mol. The first-order chi connectivity index (χ1) is 15.3. The zero-order chi connectivity index (χ0) is 20.6. The quantitative estimate of drug-likeness (QED) is 0.500. The summed E-state index contributed by atoms with van der Waals surface area (Å²) in [7, 11) is 0. The predicted molar refractivity (Wildman–Crippen MR) is 113 cm³/mol. The van der Waals surface area contributed by atoms with Crippen LogP contribution in [-0.4, -0.2) is 33.2 Å². The van der Waals surface area contributed by atoms with Gasteiger partial charge in [-0.05, 0) is 42.5 Å². The molecule has 0 spiro atoms. The van der Waals surface area contributed by atoms with Crippen LogP contribution in [0, 0.1) is 0 Å². The second-order valence-corrected chi connectivity index (χ2v) is 7.69. The highest BCUT2D eigenvalue weighted by Crippen LogP contribution is 2.35. The third-order valence-electron chi connectivity index (χ3n) is 5.62. The van der Waals surface area contributed by atoms with E-state index in [2.05, 4.69) is 22.0 Å². The minimum Gasteiger partial charge on any atom is -0.461 e. The van der Waals surface area contributed by atoms with Crippen LogP contribution in [0.4, 0.5) is 0 Å². The van der Waals surface area contributed by atoms with Crippen LogP contribution in [0.3, 0.4) is 0 Å². The van der Waals surface area contributed by atoms with Gasteiger partial charge in [-0.3, -0.25) is 9.88 Å². The molecule has 3 aromatic heterocycles. The molecule has 6 rings (SSSR count). The normalized spacial score (nSPS) is 15.1. The average molecular weight is 412 g/mol. The number of nitrogens with zero attached hydrogens (tertiary/aromatic N) is 4. The molecule has 7 heteroatoms. The van der Waals surface area contributed by atoms with Crippen LogP contribution in [0.5, 0.6) is 11.5 Å². The molecule has 0 atom stereocenters. The Bertz CT molecular complexity index is 1240. The van der Waals surface area contributed by atoms with Crippen LogP contribution in [0.1, 0.15) is 17.0 Å². The van der Waals surface area contributed by atoms with E-state index >= 15 is 0 Å². The molecule has 7 nitrogen and oxygen atoms in total. The van der Waals surface area contributed by atoms with Crippen molar-refractivity contribution in [2.45, 2.75) is 19.5 Å². The molecule has 31 heavy (non-hydrogen) atoms. The second-order valence-electron chi connectivity index (χ2n) is 7.69. The lowest BCUT2D eigenvalue weighted by molar-refractivity contribution is 0.174. The Morgan fingerprint density at radius 1 is 0.968 bits per heavy atom. The zero-order valence-corrected chi connectivity index (χ0v) is 16.8. The van der Waals surface area contributed by atoms with Crippen molar-refractivity contribution in [3.05, 3.63) is 77.9 Å². The maximum atomic E-state index is 5.50. The molecule has 2 aliphatic heterocycles. The number of benzene rings is 1. The summed E-state index contributed by atoms with van der Waals surface area (Å²) in [5.74, 6) is 2.90. The fourth-order valence-electron chi connectivity index (χ4n) is 4.05. The highest BCUT2D eigenvalue weighted by atomic mass is 16.7. The number of hydrogen-bond acceptors (Lipinski definition) is 7. The van der Waals surface area contributed by atoms with E-state index in [1.54, 1.807) is 6.26 Å². The molecule has 2 aliphatic rings. The summed E-state index contributed by atoms with van der Waals surface area (Å²) in [6.07, 6.45) is 4.45. The van der Waals surface area contributed by atoms with Gasteiger partial charge in [0.2, 0.25) is 6.79 Å². The van der Waals surface area contributed by atoms with Crippen molar-refractivity contribution in [3.63, 3.8) is 0 Å². The van der Waals surface area contributed by atoms with Crippen molar-refractivity contribution in [2.75, 3.05) is 13.3 Å². The van der Waals surface area contributed by atoms with Gasteiger partial charge >= 0.3 is 0 Å². The molecule has 154 valence electrons. The van der Waals surface area contributed by atoms with Crippen molar-refractivity contribution in [1.82, 2.24) is 19.9 Å². The molecule has 1 aromatic carbocycles. The SMILES string of the molecule is c1cc(CN2CCc3nc(-c4ccco4)ncc3C2)nc(-c2ccc3c(c2)OCO3)c1. The minimum atomic E-state index is 0.273. The molecule has 4 aromatic rings. The van der Waals surface area contributed by atoms with E-state index in [1.165, 1.54) is 0 Å². The van der Waals surface area contributed by atoms with Crippen LogP contribution in [0.15, 0.2) is 65.4 Å². The van der Waals surface area contributed by atoms with E-state index in [0.717, 1.165) is 65.8 Å². The number of ether oxygens (including phenoxy) is 2. The lowest BCUT2D eigenvalue weighted by atomic mass is 10.1. The van der Waals surface area contributed by atoms with E-state index in [1.807, 2.05) is 42.6 Å². The lowest BCUT2D eigenvalue weighted by Gasteiger charge is -2.27. The zero-order valence-electron chi connectivity index (χ0n) is 16.8. The molecular formula is C24H20N4O3. The van der Waals surface area contributed by atoms with Gasteiger partial charge < -0.3 is 13.9 Å². The Morgan fingerprint density at radius 3 is 2.87 bits per heavy atom. The molecule has 0 aliphatic carbocycles. The van der Waals surface area contributed by atoms with Crippen molar-refractivity contribution in [3.8, 4) is 34.3 Å². The van der Waals surface area contributed by atoms with E-state index < -0.39 is 0 Å². The summed E-state index contributed by atoms with van der Waals surface area (Å²) in [5.41, 5.74) is 5.24. The molecule has 0 N–H and O–H groups in total. The molecule has 0 bridgehead atoms. The Labute approximate surface area is 179 Å². The Balaban J connectivity index is 1.19. The van der Waals surface area contributed by atoms with Crippen molar-refractivity contribution in [1.29, 1.82) is 0 Å². The van der Waals surface area contributed by atoms with Gasteiger partial charge in [0, 0.05) is 43.4 Å². The third-order valence-corrected chi connectivity index (χ3v) is 5.62. The number of furan rings is 1. The first kappa shape index (κ1) is 18.1. The first-order valence-corrected chi connectivity index (χ1v) is 10.3. The van der Waals surface area contributed by atoms with Crippen molar-refractivity contribution in [2.24, 2.45) is 0 Å². The van der Waals surface area contributed by atoms with E-state index in [9.17, 15) is 0 Å². The molecule has 0 saturated carbocycles. The van der Waals surface area contributed by atoms with Gasteiger partial charge in [0.15, 0.2) is 23.1 Å². The van der Waals surface area contributed by atoms with E-state index in [0.29, 0.717) is 11.6 Å². The maximum Gasteiger partial charge on any atom is 0.231 e. The molecule has 0 fully saturated rings. The molecular weight excluding hydrogens is 392 g/mol.